The second kappa shape index (κ2) is 7.68. The standard InChI is InChI=1S/C19H22N8/c1-25-18(12-27-14-21-13-22-27)23-24-19(25)15-6-8-26(9-7-15)11-17-5-3-2-4-16(17)10-20/h2-5,13-15H,6-9,11-12H2,1H3. The average Bonchev–Trinajstić information content (AvgIpc) is 3.34. The largest absolute Gasteiger partial charge is 0.316 e. The Labute approximate surface area is 158 Å². The molecule has 0 radical (unpaired) electrons. The summed E-state index contributed by atoms with van der Waals surface area (Å²) in [6, 6.07) is 10.1. The van der Waals surface area contributed by atoms with Crippen LogP contribution in [0.3, 0.4) is 0 Å². The van der Waals surface area contributed by atoms with Gasteiger partial charge in [0.1, 0.15) is 25.0 Å². The minimum absolute atomic E-state index is 0.412. The van der Waals surface area contributed by atoms with E-state index in [1.807, 2.05) is 31.3 Å². The van der Waals surface area contributed by atoms with Gasteiger partial charge in [-0.1, -0.05) is 18.2 Å². The number of nitriles is 1. The molecule has 0 bridgehead atoms. The van der Waals surface area contributed by atoms with Crippen LogP contribution >= 0.6 is 0 Å². The molecule has 0 aliphatic carbocycles. The van der Waals surface area contributed by atoms with Crippen LogP contribution in [0.2, 0.25) is 0 Å². The van der Waals surface area contributed by atoms with E-state index in [0.29, 0.717) is 12.5 Å². The van der Waals surface area contributed by atoms with Gasteiger partial charge in [0, 0.05) is 19.5 Å². The highest BCUT2D eigenvalue weighted by Gasteiger charge is 2.25. The molecular formula is C19H22N8. The second-order valence-electron chi connectivity index (χ2n) is 6.95. The summed E-state index contributed by atoms with van der Waals surface area (Å²) in [7, 11) is 2.02. The summed E-state index contributed by atoms with van der Waals surface area (Å²) in [4.78, 5) is 6.38. The molecule has 8 heteroatoms. The number of hydrogen-bond acceptors (Lipinski definition) is 6. The fourth-order valence-electron chi connectivity index (χ4n) is 3.69. The number of likely N-dealkylation sites (tertiary alicyclic amines) is 1. The zero-order valence-electron chi connectivity index (χ0n) is 15.4. The first-order valence-corrected chi connectivity index (χ1v) is 9.15. The van der Waals surface area contributed by atoms with Crippen LogP contribution in [0.4, 0.5) is 0 Å². The zero-order chi connectivity index (χ0) is 18.6. The zero-order valence-corrected chi connectivity index (χ0v) is 15.4. The van der Waals surface area contributed by atoms with Gasteiger partial charge in [-0.05, 0) is 37.6 Å². The van der Waals surface area contributed by atoms with Gasteiger partial charge in [-0.3, -0.25) is 4.90 Å². The third kappa shape index (κ3) is 3.73. The normalized spacial score (nSPS) is 15.7. The first-order valence-electron chi connectivity index (χ1n) is 9.15. The molecule has 1 aliphatic heterocycles. The Kier molecular flexibility index (Phi) is 4.94. The Morgan fingerprint density at radius 1 is 1.15 bits per heavy atom. The van der Waals surface area contributed by atoms with Gasteiger partial charge < -0.3 is 4.57 Å². The maximum Gasteiger partial charge on any atom is 0.154 e. The van der Waals surface area contributed by atoms with Gasteiger partial charge in [0.05, 0.1) is 11.6 Å². The number of hydrogen-bond donors (Lipinski definition) is 0. The third-order valence-electron chi connectivity index (χ3n) is 5.25. The summed E-state index contributed by atoms with van der Waals surface area (Å²) < 4.78 is 3.84. The number of aromatic nitrogens is 6. The number of rotatable bonds is 5. The predicted molar refractivity (Wildman–Crippen MR) is 98.5 cm³/mol. The van der Waals surface area contributed by atoms with Crippen molar-refractivity contribution in [3.8, 4) is 6.07 Å². The highest BCUT2D eigenvalue weighted by Crippen LogP contribution is 2.28. The molecule has 1 saturated heterocycles. The maximum absolute atomic E-state index is 9.27. The molecule has 1 aliphatic rings. The monoisotopic (exact) mass is 362 g/mol. The Bertz CT molecular complexity index is 929. The first-order chi connectivity index (χ1) is 13.2. The minimum Gasteiger partial charge on any atom is -0.316 e. The predicted octanol–water partition coefficient (Wildman–Crippen LogP) is 1.71. The van der Waals surface area contributed by atoms with Crippen molar-refractivity contribution in [1.29, 1.82) is 5.26 Å². The van der Waals surface area contributed by atoms with E-state index in [4.69, 9.17) is 0 Å². The molecule has 0 N–H and O–H groups in total. The third-order valence-corrected chi connectivity index (χ3v) is 5.25. The highest BCUT2D eigenvalue weighted by molar-refractivity contribution is 5.37. The van der Waals surface area contributed by atoms with E-state index in [2.05, 4.69) is 35.8 Å². The van der Waals surface area contributed by atoms with E-state index < -0.39 is 0 Å². The molecule has 0 amide bonds. The number of nitrogens with zero attached hydrogens (tertiary/aromatic N) is 8. The molecule has 27 heavy (non-hydrogen) atoms. The molecular weight excluding hydrogens is 340 g/mol. The van der Waals surface area contributed by atoms with E-state index in [9.17, 15) is 5.26 Å². The van der Waals surface area contributed by atoms with E-state index in [1.54, 1.807) is 11.0 Å². The van der Waals surface area contributed by atoms with Crippen molar-refractivity contribution in [3.63, 3.8) is 0 Å². The molecule has 1 fully saturated rings. The molecule has 1 aromatic carbocycles. The first kappa shape index (κ1) is 17.4. The highest BCUT2D eigenvalue weighted by atomic mass is 15.4. The van der Waals surface area contributed by atoms with Crippen molar-refractivity contribution in [2.24, 2.45) is 7.05 Å². The van der Waals surface area contributed by atoms with E-state index in [-0.39, 0.29) is 0 Å². The summed E-state index contributed by atoms with van der Waals surface area (Å²) in [5.41, 5.74) is 1.87. The van der Waals surface area contributed by atoms with Crippen LogP contribution in [-0.4, -0.2) is 47.5 Å². The molecule has 3 heterocycles. The van der Waals surface area contributed by atoms with E-state index in [0.717, 1.165) is 55.3 Å². The summed E-state index contributed by atoms with van der Waals surface area (Å²) >= 11 is 0. The average molecular weight is 362 g/mol. The topological polar surface area (TPSA) is 88.4 Å². The van der Waals surface area contributed by atoms with Gasteiger partial charge in [0.2, 0.25) is 0 Å². The maximum atomic E-state index is 9.27. The molecule has 0 unspecified atom stereocenters. The van der Waals surface area contributed by atoms with Gasteiger partial charge >= 0.3 is 0 Å². The molecule has 3 aromatic rings. The van der Waals surface area contributed by atoms with Crippen molar-refractivity contribution < 1.29 is 0 Å². The number of benzene rings is 1. The van der Waals surface area contributed by atoms with Crippen LogP contribution in [0.15, 0.2) is 36.9 Å². The molecule has 4 rings (SSSR count). The quantitative estimate of drug-likeness (QED) is 0.686. The molecule has 8 nitrogen and oxygen atoms in total. The van der Waals surface area contributed by atoms with Crippen molar-refractivity contribution in [2.45, 2.75) is 31.8 Å². The lowest BCUT2D eigenvalue weighted by Crippen LogP contribution is -2.33. The lowest BCUT2D eigenvalue weighted by molar-refractivity contribution is 0.200. The lowest BCUT2D eigenvalue weighted by Gasteiger charge is -2.31. The summed E-state index contributed by atoms with van der Waals surface area (Å²) in [5.74, 6) is 2.34. The van der Waals surface area contributed by atoms with E-state index in [1.165, 1.54) is 6.33 Å². The van der Waals surface area contributed by atoms with Crippen LogP contribution in [-0.2, 0) is 20.1 Å². The smallest absolute Gasteiger partial charge is 0.154 e. The Morgan fingerprint density at radius 2 is 1.96 bits per heavy atom. The molecule has 2 aromatic heterocycles. The Balaban J connectivity index is 1.38. The molecule has 0 saturated carbocycles. The fourth-order valence-corrected chi connectivity index (χ4v) is 3.69. The van der Waals surface area contributed by atoms with Gasteiger partial charge in [0.25, 0.3) is 0 Å². The van der Waals surface area contributed by atoms with Crippen LogP contribution in [0, 0.1) is 11.3 Å². The molecule has 138 valence electrons. The molecule has 0 spiro atoms. The van der Waals surface area contributed by atoms with Crippen LogP contribution < -0.4 is 0 Å². The van der Waals surface area contributed by atoms with Gasteiger partial charge in [-0.15, -0.1) is 10.2 Å². The van der Waals surface area contributed by atoms with Crippen molar-refractivity contribution in [3.05, 3.63) is 59.7 Å². The summed E-state index contributed by atoms with van der Waals surface area (Å²) in [6.45, 7) is 3.39. The van der Waals surface area contributed by atoms with Crippen molar-refractivity contribution >= 4 is 0 Å². The summed E-state index contributed by atoms with van der Waals surface area (Å²) in [6.07, 6.45) is 5.30. The van der Waals surface area contributed by atoms with Gasteiger partial charge in [-0.25, -0.2) is 9.67 Å². The summed E-state index contributed by atoms with van der Waals surface area (Å²) in [5, 5.41) is 22.2. The Hall–Kier alpha value is -3.05. The van der Waals surface area contributed by atoms with Crippen molar-refractivity contribution in [1.82, 2.24) is 34.4 Å². The Morgan fingerprint density at radius 3 is 2.70 bits per heavy atom. The fraction of sp³-hybridized carbons (Fsp3) is 0.421. The molecule has 0 atom stereocenters. The van der Waals surface area contributed by atoms with Crippen LogP contribution in [0.25, 0.3) is 0 Å². The van der Waals surface area contributed by atoms with Crippen molar-refractivity contribution in [2.75, 3.05) is 13.1 Å². The van der Waals surface area contributed by atoms with E-state index >= 15 is 0 Å². The lowest BCUT2D eigenvalue weighted by atomic mass is 9.95. The van der Waals surface area contributed by atoms with Gasteiger partial charge in [0.15, 0.2) is 5.82 Å². The van der Waals surface area contributed by atoms with Gasteiger partial charge in [-0.2, -0.15) is 10.4 Å². The van der Waals surface area contributed by atoms with Crippen LogP contribution in [0.5, 0.6) is 0 Å². The van der Waals surface area contributed by atoms with Crippen LogP contribution in [0.1, 0.15) is 41.5 Å². The second-order valence-corrected chi connectivity index (χ2v) is 6.95. The number of piperidine rings is 1. The SMILES string of the molecule is Cn1c(Cn2cncn2)nnc1C1CCN(Cc2ccccc2C#N)CC1. The minimum atomic E-state index is 0.412.